The average Bonchev–Trinajstić information content (AvgIpc) is 3.27. The van der Waals surface area contributed by atoms with E-state index in [1.807, 2.05) is 31.3 Å². The van der Waals surface area contributed by atoms with Crippen LogP contribution in [-0.4, -0.2) is 37.5 Å². The lowest BCUT2D eigenvalue weighted by Crippen LogP contribution is -2.38. The Hall–Kier alpha value is -3.78. The molecule has 1 amide bonds. The molecule has 4 aromatic rings. The molecule has 2 N–H and O–H groups in total. The Balaban J connectivity index is 1.38. The molecule has 7 nitrogen and oxygen atoms in total. The van der Waals surface area contributed by atoms with E-state index in [1.54, 1.807) is 29.2 Å². The van der Waals surface area contributed by atoms with Crippen LogP contribution in [0.4, 0.5) is 4.39 Å². The van der Waals surface area contributed by atoms with Gasteiger partial charge in [0, 0.05) is 42.0 Å². The van der Waals surface area contributed by atoms with Crippen molar-refractivity contribution in [3.05, 3.63) is 88.2 Å². The van der Waals surface area contributed by atoms with Gasteiger partial charge in [-0.15, -0.1) is 0 Å². The quantitative estimate of drug-likeness (QED) is 0.462. The lowest BCUT2D eigenvalue weighted by Gasteiger charge is -2.26. The van der Waals surface area contributed by atoms with Crippen molar-refractivity contribution < 1.29 is 14.3 Å². The fraction of sp³-hybridized carbons (Fsp3) is 0.296. The van der Waals surface area contributed by atoms with Crippen LogP contribution in [0.1, 0.15) is 41.6 Å². The number of aromatic nitrogens is 3. The zero-order valence-corrected chi connectivity index (χ0v) is 19.4. The largest absolute Gasteiger partial charge is 0.393 e. The molecule has 0 bridgehead atoms. The fourth-order valence-electron chi connectivity index (χ4n) is 4.79. The van der Waals surface area contributed by atoms with Gasteiger partial charge in [0.25, 0.3) is 11.5 Å². The van der Waals surface area contributed by atoms with Gasteiger partial charge in [-0.1, -0.05) is 6.07 Å². The van der Waals surface area contributed by atoms with E-state index >= 15 is 0 Å². The first-order chi connectivity index (χ1) is 16.9. The number of pyridine rings is 1. The van der Waals surface area contributed by atoms with Crippen molar-refractivity contribution in [3.8, 4) is 11.3 Å². The Morgan fingerprint density at radius 3 is 2.66 bits per heavy atom. The fourth-order valence-corrected chi connectivity index (χ4v) is 4.79. The number of rotatable bonds is 5. The van der Waals surface area contributed by atoms with Gasteiger partial charge < -0.3 is 15.0 Å². The van der Waals surface area contributed by atoms with Crippen LogP contribution < -0.4 is 10.9 Å². The molecule has 1 fully saturated rings. The minimum Gasteiger partial charge on any atom is -0.393 e. The number of aliphatic hydroxyl groups excluding tert-OH is 1. The average molecular weight is 475 g/mol. The van der Waals surface area contributed by atoms with E-state index in [4.69, 9.17) is 0 Å². The van der Waals surface area contributed by atoms with Crippen LogP contribution in [0.2, 0.25) is 0 Å². The van der Waals surface area contributed by atoms with Gasteiger partial charge in [0.05, 0.1) is 18.3 Å². The van der Waals surface area contributed by atoms with Gasteiger partial charge in [0.15, 0.2) is 0 Å². The number of amides is 1. The molecule has 180 valence electrons. The van der Waals surface area contributed by atoms with E-state index in [9.17, 15) is 19.1 Å². The van der Waals surface area contributed by atoms with Crippen molar-refractivity contribution in [2.45, 2.75) is 44.4 Å². The minimum absolute atomic E-state index is 0.0306. The van der Waals surface area contributed by atoms with Gasteiger partial charge in [-0.25, -0.2) is 4.39 Å². The van der Waals surface area contributed by atoms with Crippen molar-refractivity contribution in [3.63, 3.8) is 0 Å². The standard InChI is InChI=1S/C27H27FN4O3/c1-31-25(8-10-29-31)19-2-7-24-18(14-19)9-11-32(27(24)35)16-17-12-20(15-21(28)13-17)26(34)30-22-3-5-23(33)6-4-22/h2,7-15,22-23,33H,3-6,16H2,1H3,(H,30,34). The Kier molecular flexibility index (Phi) is 6.21. The number of halogens is 1. The molecule has 1 aliphatic carbocycles. The van der Waals surface area contributed by atoms with Crippen LogP contribution in [0.25, 0.3) is 22.0 Å². The molecule has 0 aliphatic heterocycles. The number of hydrogen-bond donors (Lipinski definition) is 2. The number of aliphatic hydroxyl groups is 1. The maximum atomic E-state index is 14.4. The van der Waals surface area contributed by atoms with Gasteiger partial charge in [-0.2, -0.15) is 5.10 Å². The zero-order chi connectivity index (χ0) is 24.5. The molecule has 35 heavy (non-hydrogen) atoms. The molecular formula is C27H27FN4O3. The summed E-state index contributed by atoms with van der Waals surface area (Å²) in [5.74, 6) is -0.873. The summed E-state index contributed by atoms with van der Waals surface area (Å²) in [7, 11) is 1.87. The summed E-state index contributed by atoms with van der Waals surface area (Å²) in [5.41, 5.74) is 2.48. The van der Waals surface area contributed by atoms with Crippen molar-refractivity contribution in [2.75, 3.05) is 0 Å². The van der Waals surface area contributed by atoms with E-state index in [-0.39, 0.29) is 35.7 Å². The second-order valence-electron chi connectivity index (χ2n) is 9.22. The number of carbonyl (C=O) groups is 1. The van der Waals surface area contributed by atoms with E-state index in [1.165, 1.54) is 16.7 Å². The highest BCUT2D eigenvalue weighted by molar-refractivity contribution is 5.94. The molecular weight excluding hydrogens is 447 g/mol. The maximum Gasteiger partial charge on any atom is 0.258 e. The van der Waals surface area contributed by atoms with Crippen molar-refractivity contribution >= 4 is 16.7 Å². The maximum absolute atomic E-state index is 14.4. The summed E-state index contributed by atoms with van der Waals surface area (Å²) in [6, 6.07) is 13.6. The topological polar surface area (TPSA) is 89.2 Å². The van der Waals surface area contributed by atoms with Crippen molar-refractivity contribution in [1.29, 1.82) is 0 Å². The smallest absolute Gasteiger partial charge is 0.258 e. The van der Waals surface area contributed by atoms with Crippen LogP contribution in [0.3, 0.4) is 0 Å². The summed E-state index contributed by atoms with van der Waals surface area (Å²) < 4.78 is 17.7. The highest BCUT2D eigenvalue weighted by Gasteiger charge is 2.21. The van der Waals surface area contributed by atoms with Gasteiger partial charge in [-0.05, 0) is 79.1 Å². The first-order valence-corrected chi connectivity index (χ1v) is 11.8. The normalized spacial score (nSPS) is 18.0. The van der Waals surface area contributed by atoms with E-state index < -0.39 is 5.82 Å². The first-order valence-electron chi connectivity index (χ1n) is 11.8. The predicted molar refractivity (Wildman–Crippen MR) is 132 cm³/mol. The number of carbonyl (C=O) groups excluding carboxylic acids is 1. The number of aryl methyl sites for hydroxylation is 1. The molecule has 1 saturated carbocycles. The summed E-state index contributed by atoms with van der Waals surface area (Å²) in [4.78, 5) is 25.9. The molecule has 2 heterocycles. The summed E-state index contributed by atoms with van der Waals surface area (Å²) >= 11 is 0. The zero-order valence-electron chi connectivity index (χ0n) is 19.4. The summed E-state index contributed by atoms with van der Waals surface area (Å²) in [6.45, 7) is 0.145. The van der Waals surface area contributed by atoms with Crippen LogP contribution in [-0.2, 0) is 13.6 Å². The minimum atomic E-state index is -0.527. The van der Waals surface area contributed by atoms with E-state index in [0.29, 0.717) is 36.6 Å². The molecule has 5 rings (SSSR count). The number of benzene rings is 2. The molecule has 8 heteroatoms. The molecule has 0 radical (unpaired) electrons. The second-order valence-corrected chi connectivity index (χ2v) is 9.22. The monoisotopic (exact) mass is 474 g/mol. The van der Waals surface area contributed by atoms with Gasteiger partial charge >= 0.3 is 0 Å². The number of fused-ring (bicyclic) bond motifs is 1. The third-order valence-electron chi connectivity index (χ3n) is 6.70. The molecule has 2 aromatic carbocycles. The van der Waals surface area contributed by atoms with Gasteiger partial charge in [-0.3, -0.25) is 14.3 Å². The predicted octanol–water partition coefficient (Wildman–Crippen LogP) is 3.62. The van der Waals surface area contributed by atoms with Crippen molar-refractivity contribution in [2.24, 2.45) is 7.05 Å². The Morgan fingerprint density at radius 1 is 1.11 bits per heavy atom. The number of nitrogens with zero attached hydrogens (tertiary/aromatic N) is 3. The Bertz CT molecular complexity index is 1450. The molecule has 1 aliphatic rings. The van der Waals surface area contributed by atoms with Crippen LogP contribution in [0.15, 0.2) is 65.7 Å². The third kappa shape index (κ3) is 4.88. The summed E-state index contributed by atoms with van der Waals surface area (Å²) in [6.07, 6.45) is 5.79. The first kappa shape index (κ1) is 23.0. The van der Waals surface area contributed by atoms with Crippen molar-refractivity contribution in [1.82, 2.24) is 19.7 Å². The van der Waals surface area contributed by atoms with Crippen LogP contribution >= 0.6 is 0 Å². The number of hydrogen-bond acceptors (Lipinski definition) is 4. The Labute approximate surface area is 201 Å². The van der Waals surface area contributed by atoms with Crippen LogP contribution in [0.5, 0.6) is 0 Å². The molecule has 0 atom stereocenters. The third-order valence-corrected chi connectivity index (χ3v) is 6.70. The van der Waals surface area contributed by atoms with E-state index in [2.05, 4.69) is 10.4 Å². The van der Waals surface area contributed by atoms with E-state index in [0.717, 1.165) is 16.6 Å². The van der Waals surface area contributed by atoms with Crippen LogP contribution in [0, 0.1) is 5.82 Å². The Morgan fingerprint density at radius 2 is 1.91 bits per heavy atom. The highest BCUT2D eigenvalue weighted by atomic mass is 19.1. The highest BCUT2D eigenvalue weighted by Crippen LogP contribution is 2.23. The second kappa shape index (κ2) is 9.46. The lowest BCUT2D eigenvalue weighted by atomic mass is 9.93. The molecule has 0 spiro atoms. The molecule has 0 unspecified atom stereocenters. The summed E-state index contributed by atoms with van der Waals surface area (Å²) in [5, 5.41) is 18.2. The molecule has 2 aromatic heterocycles. The van der Waals surface area contributed by atoms with Gasteiger partial charge in [0.2, 0.25) is 0 Å². The molecule has 0 saturated heterocycles. The van der Waals surface area contributed by atoms with Gasteiger partial charge in [0.1, 0.15) is 5.82 Å². The number of nitrogens with one attached hydrogen (secondary N) is 1. The SMILES string of the molecule is Cn1nccc1-c1ccc2c(=O)n(Cc3cc(F)cc(C(=O)NC4CCC(O)CC4)c3)ccc2c1. The lowest BCUT2D eigenvalue weighted by molar-refractivity contribution is 0.0867.